The molecule has 0 fully saturated rings. The first-order chi connectivity index (χ1) is 7.70. The van der Waals surface area contributed by atoms with Gasteiger partial charge >= 0.3 is 0 Å². The number of nitrogens with two attached hydrogens (primary N) is 1. The summed E-state index contributed by atoms with van der Waals surface area (Å²) < 4.78 is 0. The van der Waals surface area contributed by atoms with Gasteiger partial charge in [-0.25, -0.2) is 9.97 Å². The highest BCUT2D eigenvalue weighted by atomic mass is 15.0. The third-order valence-electron chi connectivity index (χ3n) is 2.71. The second kappa shape index (κ2) is 4.61. The number of nitrogens with zero attached hydrogens (tertiary/aromatic N) is 2. The standard InChI is InChI=1S/C12H18N4/c1-3-4-5-9(13)11-15-10-6-8(2)7-14-12(10)16-11/h6-7,9H,3-5,13H2,1-2H3,(H,14,15,16). The van der Waals surface area contributed by atoms with Gasteiger partial charge in [-0.05, 0) is 25.0 Å². The van der Waals surface area contributed by atoms with Crippen molar-refractivity contribution < 1.29 is 0 Å². The lowest BCUT2D eigenvalue weighted by molar-refractivity contribution is 0.581. The van der Waals surface area contributed by atoms with Gasteiger partial charge in [0.1, 0.15) is 5.82 Å². The molecule has 0 spiro atoms. The number of unbranched alkanes of at least 4 members (excludes halogenated alkanes) is 1. The number of H-pyrrole nitrogens is 1. The van der Waals surface area contributed by atoms with Crippen molar-refractivity contribution in [3.8, 4) is 0 Å². The van der Waals surface area contributed by atoms with E-state index in [1.807, 2.05) is 19.2 Å². The average Bonchev–Trinajstić information content (AvgIpc) is 2.68. The van der Waals surface area contributed by atoms with E-state index in [2.05, 4.69) is 21.9 Å². The van der Waals surface area contributed by atoms with Gasteiger partial charge in [0.25, 0.3) is 0 Å². The Morgan fingerprint density at radius 2 is 2.31 bits per heavy atom. The predicted octanol–water partition coefficient (Wildman–Crippen LogP) is 2.46. The molecule has 2 rings (SSSR count). The Hall–Kier alpha value is -1.42. The van der Waals surface area contributed by atoms with Crippen LogP contribution in [0.1, 0.15) is 43.6 Å². The molecule has 0 radical (unpaired) electrons. The summed E-state index contributed by atoms with van der Waals surface area (Å²) in [5.74, 6) is 0.849. The highest BCUT2D eigenvalue weighted by Crippen LogP contribution is 2.17. The molecule has 16 heavy (non-hydrogen) atoms. The van der Waals surface area contributed by atoms with E-state index in [0.717, 1.165) is 41.8 Å². The number of aromatic amines is 1. The smallest absolute Gasteiger partial charge is 0.177 e. The molecular formula is C12H18N4. The zero-order chi connectivity index (χ0) is 11.5. The van der Waals surface area contributed by atoms with Crippen LogP contribution in [0.25, 0.3) is 11.2 Å². The predicted molar refractivity (Wildman–Crippen MR) is 65.1 cm³/mol. The molecule has 0 aliphatic rings. The van der Waals surface area contributed by atoms with E-state index in [0.29, 0.717) is 0 Å². The molecule has 2 aromatic rings. The van der Waals surface area contributed by atoms with Crippen LogP contribution in [0, 0.1) is 6.92 Å². The number of hydrogen-bond donors (Lipinski definition) is 2. The van der Waals surface area contributed by atoms with Gasteiger partial charge in [-0.3, -0.25) is 0 Å². The molecular weight excluding hydrogens is 200 g/mol. The molecule has 0 saturated carbocycles. The fraction of sp³-hybridized carbons (Fsp3) is 0.500. The van der Waals surface area contributed by atoms with Crippen LogP contribution >= 0.6 is 0 Å². The molecule has 0 bridgehead atoms. The fourth-order valence-corrected chi connectivity index (χ4v) is 1.76. The molecule has 86 valence electrons. The van der Waals surface area contributed by atoms with Crippen LogP contribution in [0.4, 0.5) is 0 Å². The molecule has 0 amide bonds. The molecule has 0 saturated heterocycles. The van der Waals surface area contributed by atoms with Gasteiger partial charge in [0, 0.05) is 6.20 Å². The van der Waals surface area contributed by atoms with E-state index in [1.54, 1.807) is 0 Å². The van der Waals surface area contributed by atoms with Crippen LogP contribution < -0.4 is 5.73 Å². The maximum absolute atomic E-state index is 6.06. The van der Waals surface area contributed by atoms with Gasteiger partial charge < -0.3 is 10.7 Å². The summed E-state index contributed by atoms with van der Waals surface area (Å²) in [6.07, 6.45) is 5.08. The third-order valence-corrected chi connectivity index (χ3v) is 2.71. The topological polar surface area (TPSA) is 67.6 Å². The normalized spacial score (nSPS) is 13.2. The Morgan fingerprint density at radius 3 is 3.06 bits per heavy atom. The lowest BCUT2D eigenvalue weighted by atomic mass is 10.1. The van der Waals surface area contributed by atoms with Crippen LogP contribution in [0.15, 0.2) is 12.3 Å². The Bertz CT molecular complexity index is 475. The summed E-state index contributed by atoms with van der Waals surface area (Å²) in [5, 5.41) is 0. The maximum Gasteiger partial charge on any atom is 0.177 e. The summed E-state index contributed by atoms with van der Waals surface area (Å²) in [6.45, 7) is 4.18. The Balaban J connectivity index is 2.25. The highest BCUT2D eigenvalue weighted by Gasteiger charge is 2.11. The number of imidazole rings is 1. The Labute approximate surface area is 95.3 Å². The number of pyridine rings is 1. The van der Waals surface area contributed by atoms with Crippen LogP contribution in [0.5, 0.6) is 0 Å². The minimum Gasteiger partial charge on any atom is -0.339 e. The van der Waals surface area contributed by atoms with Crippen molar-refractivity contribution in [3.05, 3.63) is 23.7 Å². The van der Waals surface area contributed by atoms with Crippen molar-refractivity contribution in [2.24, 2.45) is 5.73 Å². The monoisotopic (exact) mass is 218 g/mol. The Kier molecular flexibility index (Phi) is 3.19. The van der Waals surface area contributed by atoms with Crippen LogP contribution in [-0.2, 0) is 0 Å². The zero-order valence-electron chi connectivity index (χ0n) is 9.83. The molecule has 0 aliphatic heterocycles. The largest absolute Gasteiger partial charge is 0.339 e. The third kappa shape index (κ3) is 2.22. The van der Waals surface area contributed by atoms with Crippen LogP contribution in [0.3, 0.4) is 0 Å². The van der Waals surface area contributed by atoms with Crippen molar-refractivity contribution in [2.45, 2.75) is 39.2 Å². The van der Waals surface area contributed by atoms with Crippen molar-refractivity contribution in [1.29, 1.82) is 0 Å². The van der Waals surface area contributed by atoms with E-state index in [-0.39, 0.29) is 6.04 Å². The summed E-state index contributed by atoms with van der Waals surface area (Å²) in [7, 11) is 0. The number of aromatic nitrogens is 3. The molecule has 2 aromatic heterocycles. The van der Waals surface area contributed by atoms with Crippen LogP contribution in [-0.4, -0.2) is 15.0 Å². The lowest BCUT2D eigenvalue weighted by Gasteiger charge is -2.06. The number of rotatable bonds is 4. The average molecular weight is 218 g/mol. The van der Waals surface area contributed by atoms with Gasteiger partial charge in [0.2, 0.25) is 0 Å². The van der Waals surface area contributed by atoms with E-state index in [9.17, 15) is 0 Å². The molecule has 0 aromatic carbocycles. The van der Waals surface area contributed by atoms with E-state index in [4.69, 9.17) is 5.73 Å². The van der Waals surface area contributed by atoms with E-state index < -0.39 is 0 Å². The minimum absolute atomic E-state index is 0.00513. The van der Waals surface area contributed by atoms with E-state index >= 15 is 0 Å². The summed E-state index contributed by atoms with van der Waals surface area (Å²) >= 11 is 0. The molecule has 1 atom stereocenters. The van der Waals surface area contributed by atoms with Gasteiger partial charge in [0.05, 0.1) is 11.6 Å². The summed E-state index contributed by atoms with van der Waals surface area (Å²) in [6, 6.07) is 2.04. The van der Waals surface area contributed by atoms with Gasteiger partial charge in [-0.15, -0.1) is 0 Å². The molecule has 2 heterocycles. The second-order valence-electron chi connectivity index (χ2n) is 4.25. The Morgan fingerprint density at radius 1 is 1.50 bits per heavy atom. The van der Waals surface area contributed by atoms with Crippen molar-refractivity contribution in [1.82, 2.24) is 15.0 Å². The van der Waals surface area contributed by atoms with Crippen molar-refractivity contribution in [3.63, 3.8) is 0 Å². The summed E-state index contributed by atoms with van der Waals surface area (Å²) in [4.78, 5) is 11.9. The van der Waals surface area contributed by atoms with Crippen LogP contribution in [0.2, 0.25) is 0 Å². The zero-order valence-corrected chi connectivity index (χ0v) is 9.83. The molecule has 4 nitrogen and oxygen atoms in total. The van der Waals surface area contributed by atoms with Crippen molar-refractivity contribution >= 4 is 11.2 Å². The lowest BCUT2D eigenvalue weighted by Crippen LogP contribution is -2.11. The highest BCUT2D eigenvalue weighted by molar-refractivity contribution is 5.71. The van der Waals surface area contributed by atoms with E-state index in [1.165, 1.54) is 0 Å². The maximum atomic E-state index is 6.06. The SMILES string of the molecule is CCCCC(N)c1nc2ncc(C)cc2[nH]1. The van der Waals surface area contributed by atoms with Gasteiger partial charge in [-0.2, -0.15) is 0 Å². The first-order valence-electron chi connectivity index (χ1n) is 5.78. The number of fused-ring (bicyclic) bond motifs is 1. The number of nitrogens with one attached hydrogen (secondary N) is 1. The number of hydrogen-bond acceptors (Lipinski definition) is 3. The van der Waals surface area contributed by atoms with Gasteiger partial charge in [-0.1, -0.05) is 19.8 Å². The first-order valence-corrected chi connectivity index (χ1v) is 5.78. The van der Waals surface area contributed by atoms with Crippen molar-refractivity contribution in [2.75, 3.05) is 0 Å². The first kappa shape index (κ1) is 11.1. The quantitative estimate of drug-likeness (QED) is 0.828. The molecule has 1 unspecified atom stereocenters. The molecule has 4 heteroatoms. The molecule has 3 N–H and O–H groups in total. The van der Waals surface area contributed by atoms with Gasteiger partial charge in [0.15, 0.2) is 5.65 Å². The summed E-state index contributed by atoms with van der Waals surface area (Å²) in [5.41, 5.74) is 8.92. The molecule has 0 aliphatic carbocycles. The minimum atomic E-state index is -0.00513. The second-order valence-corrected chi connectivity index (χ2v) is 4.25. The fourth-order valence-electron chi connectivity index (χ4n) is 1.76. The number of aryl methyl sites for hydroxylation is 1.